The highest BCUT2D eigenvalue weighted by atomic mass is 32.1. The number of pyridine rings is 1. The zero-order valence-corrected chi connectivity index (χ0v) is 22.1. The third-order valence-corrected chi connectivity index (χ3v) is 7.89. The van der Waals surface area contributed by atoms with Gasteiger partial charge in [0.05, 0.1) is 17.5 Å². The maximum atomic E-state index is 14.2. The van der Waals surface area contributed by atoms with E-state index >= 15 is 0 Å². The Balaban J connectivity index is 1.75. The molecule has 1 aliphatic carbocycles. The second-order valence-electron chi connectivity index (χ2n) is 9.94. The van der Waals surface area contributed by atoms with Crippen LogP contribution >= 0.6 is 11.3 Å². The summed E-state index contributed by atoms with van der Waals surface area (Å²) in [5.74, 6) is -5.45. The van der Waals surface area contributed by atoms with Crippen molar-refractivity contribution < 1.29 is 45.4 Å². The number of rotatable bonds is 8. The molecule has 2 amide bonds. The fourth-order valence-corrected chi connectivity index (χ4v) is 5.62. The van der Waals surface area contributed by atoms with E-state index in [1.54, 1.807) is 0 Å². The van der Waals surface area contributed by atoms with Crippen LogP contribution in [0.5, 0.6) is 0 Å². The van der Waals surface area contributed by atoms with Gasteiger partial charge in [0.15, 0.2) is 5.01 Å². The van der Waals surface area contributed by atoms with E-state index in [-0.39, 0.29) is 34.3 Å². The highest BCUT2D eigenvalue weighted by molar-refractivity contribution is 7.17. The highest BCUT2D eigenvalue weighted by Crippen LogP contribution is 2.40. The van der Waals surface area contributed by atoms with Crippen molar-refractivity contribution in [1.82, 2.24) is 20.2 Å². The molecule has 1 saturated carbocycles. The second-order valence-corrected chi connectivity index (χ2v) is 10.9. The van der Waals surface area contributed by atoms with Crippen LogP contribution in [0, 0.1) is 0 Å². The van der Waals surface area contributed by atoms with E-state index in [0.29, 0.717) is 17.4 Å². The molecule has 4 rings (SSSR count). The Morgan fingerprint density at radius 3 is 2.48 bits per heavy atom. The van der Waals surface area contributed by atoms with Crippen LogP contribution in [-0.2, 0) is 0 Å². The van der Waals surface area contributed by atoms with Crippen molar-refractivity contribution in [3.8, 4) is 10.4 Å². The van der Waals surface area contributed by atoms with Crippen LogP contribution < -0.4 is 10.6 Å². The minimum Gasteiger partial charge on any atom is -0.393 e. The largest absolute Gasteiger partial charge is 0.408 e. The molecule has 1 saturated heterocycles. The molecule has 2 atom stereocenters. The third kappa shape index (κ3) is 6.32. The number of aromatic nitrogens is 2. The first-order valence-electron chi connectivity index (χ1n) is 12.4. The van der Waals surface area contributed by atoms with E-state index in [1.165, 1.54) is 13.8 Å². The number of alkyl halides is 7. The van der Waals surface area contributed by atoms with Crippen molar-refractivity contribution in [2.75, 3.05) is 11.9 Å². The molecule has 40 heavy (non-hydrogen) atoms. The summed E-state index contributed by atoms with van der Waals surface area (Å²) in [5.41, 5.74) is -1.70. The summed E-state index contributed by atoms with van der Waals surface area (Å²) < 4.78 is 96.1. The molecule has 3 N–H and O–H groups in total. The first-order chi connectivity index (χ1) is 18.6. The van der Waals surface area contributed by atoms with Gasteiger partial charge in [0.25, 0.3) is 24.2 Å². The van der Waals surface area contributed by atoms with Gasteiger partial charge in [-0.1, -0.05) is 6.92 Å². The Kier molecular flexibility index (Phi) is 8.32. The molecule has 2 aromatic heterocycles. The molecule has 8 nitrogen and oxygen atoms in total. The van der Waals surface area contributed by atoms with Crippen molar-refractivity contribution in [1.29, 1.82) is 0 Å². The van der Waals surface area contributed by atoms with Gasteiger partial charge in [-0.25, -0.2) is 27.5 Å². The van der Waals surface area contributed by atoms with Gasteiger partial charge in [0, 0.05) is 35.8 Å². The summed E-state index contributed by atoms with van der Waals surface area (Å²) in [5, 5.41) is 13.8. The van der Waals surface area contributed by atoms with E-state index in [0.717, 1.165) is 11.1 Å². The van der Waals surface area contributed by atoms with Crippen LogP contribution in [0.3, 0.4) is 0 Å². The number of nitrogens with zero attached hydrogens (tertiary/aromatic N) is 3. The maximum Gasteiger partial charge on any atom is 0.408 e. The SMILES string of the molecule is CC[C@H](Nc1cc(C(F)F)c(-c2sc(C(=O)N[C@H]3C[C@H](O)C3)nc2C(=O)N2CC(F)(F)C[C@@H]2C)cn1)C(F)(F)F. The van der Waals surface area contributed by atoms with E-state index in [2.05, 4.69) is 20.6 Å². The zero-order chi connectivity index (χ0) is 29.6. The van der Waals surface area contributed by atoms with Crippen molar-refractivity contribution in [2.24, 2.45) is 0 Å². The topological polar surface area (TPSA) is 107 Å². The molecule has 0 radical (unpaired) electrons. The quantitative estimate of drug-likeness (QED) is 0.369. The average Bonchev–Trinajstić information content (AvgIpc) is 3.40. The molecule has 0 aromatic carbocycles. The lowest BCUT2D eigenvalue weighted by atomic mass is 9.89. The van der Waals surface area contributed by atoms with Crippen molar-refractivity contribution >= 4 is 29.0 Å². The molecule has 220 valence electrons. The van der Waals surface area contributed by atoms with Crippen LogP contribution in [0.4, 0.5) is 36.6 Å². The Morgan fingerprint density at radius 2 is 1.95 bits per heavy atom. The van der Waals surface area contributed by atoms with Gasteiger partial charge >= 0.3 is 6.18 Å². The normalized spacial score (nSPS) is 23.2. The minimum atomic E-state index is -4.68. The molecule has 2 aromatic rings. The van der Waals surface area contributed by atoms with Gasteiger partial charge in [-0.2, -0.15) is 13.2 Å². The number of likely N-dealkylation sites (tertiary alicyclic amines) is 1. The number of anilines is 1. The summed E-state index contributed by atoms with van der Waals surface area (Å²) in [6, 6.07) is -2.64. The first kappa shape index (κ1) is 30.0. The standard InChI is InChI=1S/C24H26F7N5O3S/c1-3-15(24(29,30)31)34-16-6-13(19(25)26)14(8-32-16)18-17(22(39)36-9-23(27,28)7-10(36)2)35-21(40-18)20(38)33-11-4-12(37)5-11/h6,8,10-12,15,19,37H,3-5,7,9H2,1-2H3,(H,32,34)(H,33,38)/t10-,11-,12-,15-/m0/s1. The predicted molar refractivity (Wildman–Crippen MR) is 131 cm³/mol. The highest BCUT2D eigenvalue weighted by Gasteiger charge is 2.46. The summed E-state index contributed by atoms with van der Waals surface area (Å²) in [4.78, 5) is 34.6. The number of hydrogen-bond acceptors (Lipinski definition) is 7. The number of nitrogens with one attached hydrogen (secondary N) is 2. The lowest BCUT2D eigenvalue weighted by molar-refractivity contribution is -0.142. The number of halogens is 7. The third-order valence-electron chi connectivity index (χ3n) is 6.80. The van der Waals surface area contributed by atoms with Crippen LogP contribution in [-0.4, -0.2) is 74.7 Å². The summed E-state index contributed by atoms with van der Waals surface area (Å²) in [6.45, 7) is 1.70. The van der Waals surface area contributed by atoms with Crippen LogP contribution in [0.1, 0.15) is 71.8 Å². The van der Waals surface area contributed by atoms with E-state index in [1.807, 2.05) is 0 Å². The smallest absolute Gasteiger partial charge is 0.393 e. The number of carbonyl (C=O) groups excluding carboxylic acids is 2. The Labute approximate surface area is 228 Å². The zero-order valence-electron chi connectivity index (χ0n) is 21.2. The molecule has 0 unspecified atom stereocenters. The number of hydrogen-bond donors (Lipinski definition) is 3. The summed E-state index contributed by atoms with van der Waals surface area (Å²) >= 11 is 0.552. The average molecular weight is 598 g/mol. The molecule has 2 aliphatic rings. The number of aliphatic hydroxyl groups excluding tert-OH is 1. The second kappa shape index (κ2) is 11.1. The molecular weight excluding hydrogens is 571 g/mol. The van der Waals surface area contributed by atoms with Gasteiger partial charge in [-0.3, -0.25) is 9.59 Å². The van der Waals surface area contributed by atoms with Crippen LogP contribution in [0.15, 0.2) is 12.3 Å². The van der Waals surface area contributed by atoms with E-state index < -0.39 is 85.0 Å². The number of carbonyl (C=O) groups is 2. The van der Waals surface area contributed by atoms with Gasteiger partial charge in [0.2, 0.25) is 0 Å². The van der Waals surface area contributed by atoms with Gasteiger partial charge in [0.1, 0.15) is 17.6 Å². The van der Waals surface area contributed by atoms with Gasteiger partial charge in [-0.15, -0.1) is 11.3 Å². The number of thiazole rings is 1. The van der Waals surface area contributed by atoms with Gasteiger partial charge in [-0.05, 0) is 32.3 Å². The summed E-state index contributed by atoms with van der Waals surface area (Å²) in [7, 11) is 0. The number of aliphatic hydroxyl groups is 1. The van der Waals surface area contributed by atoms with Crippen molar-refractivity contribution in [3.05, 3.63) is 28.5 Å². The van der Waals surface area contributed by atoms with Crippen LogP contribution in [0.25, 0.3) is 10.4 Å². The lowest BCUT2D eigenvalue weighted by Gasteiger charge is -2.31. The Morgan fingerprint density at radius 1 is 1.27 bits per heavy atom. The van der Waals surface area contributed by atoms with Crippen molar-refractivity contribution in [2.45, 2.75) is 82.3 Å². The molecule has 3 heterocycles. The van der Waals surface area contributed by atoms with Crippen LogP contribution in [0.2, 0.25) is 0 Å². The summed E-state index contributed by atoms with van der Waals surface area (Å²) in [6.07, 6.45) is -8.14. The van der Waals surface area contributed by atoms with E-state index in [4.69, 9.17) is 0 Å². The monoisotopic (exact) mass is 597 g/mol. The molecule has 0 spiro atoms. The molecule has 16 heteroatoms. The van der Waals surface area contributed by atoms with Crippen molar-refractivity contribution in [3.63, 3.8) is 0 Å². The fraction of sp³-hybridized carbons (Fsp3) is 0.583. The Hall–Kier alpha value is -3.01. The minimum absolute atomic E-state index is 0.261. The maximum absolute atomic E-state index is 14.2. The molecular formula is C24H26F7N5O3S. The predicted octanol–water partition coefficient (Wildman–Crippen LogP) is 5.02. The van der Waals surface area contributed by atoms with E-state index in [9.17, 15) is 45.4 Å². The molecule has 0 bridgehead atoms. The fourth-order valence-electron chi connectivity index (χ4n) is 4.63. The number of amides is 2. The van der Waals surface area contributed by atoms with Gasteiger partial charge < -0.3 is 20.6 Å². The first-order valence-corrected chi connectivity index (χ1v) is 13.2. The molecule has 2 fully saturated rings. The Bertz CT molecular complexity index is 1270. The molecule has 1 aliphatic heterocycles. The lowest BCUT2D eigenvalue weighted by Crippen LogP contribution is -2.46.